The summed E-state index contributed by atoms with van der Waals surface area (Å²) in [6, 6.07) is 9.87. The lowest BCUT2D eigenvalue weighted by atomic mass is 10.2. The van der Waals surface area contributed by atoms with Gasteiger partial charge in [-0.3, -0.25) is 0 Å². The van der Waals surface area contributed by atoms with E-state index in [2.05, 4.69) is 0 Å². The number of benzene rings is 2. The third kappa shape index (κ3) is 3.08. The van der Waals surface area contributed by atoms with E-state index in [0.29, 0.717) is 38.5 Å². The molecule has 0 aromatic heterocycles. The Morgan fingerprint density at radius 2 is 1.70 bits per heavy atom. The number of nitrogen functional groups attached to an aromatic ring is 1. The zero-order chi connectivity index (χ0) is 14.7. The Morgan fingerprint density at radius 3 is 2.35 bits per heavy atom. The molecular weight excluding hydrogens is 299 g/mol. The second-order valence-electron chi connectivity index (χ2n) is 3.92. The lowest BCUT2D eigenvalue weighted by Crippen LogP contribution is -1.94. The molecule has 0 aliphatic heterocycles. The highest BCUT2D eigenvalue weighted by Crippen LogP contribution is 2.36. The minimum absolute atomic E-state index is 0.333. The lowest BCUT2D eigenvalue weighted by Gasteiger charge is -2.11. The number of hydrogen-bond acceptors (Lipinski definition) is 4. The van der Waals surface area contributed by atoms with E-state index in [0.717, 1.165) is 0 Å². The fraction of sp³-hybridized carbons (Fsp3) is 0.0714. The molecule has 2 aromatic carbocycles. The van der Waals surface area contributed by atoms with Crippen molar-refractivity contribution in [1.82, 2.24) is 0 Å². The summed E-state index contributed by atoms with van der Waals surface area (Å²) in [4.78, 5) is 0. The van der Waals surface area contributed by atoms with Gasteiger partial charge < -0.3 is 15.2 Å². The Kier molecular flexibility index (Phi) is 4.23. The van der Waals surface area contributed by atoms with Gasteiger partial charge in [-0.15, -0.1) is 0 Å². The summed E-state index contributed by atoms with van der Waals surface area (Å²) in [6.45, 7) is 0. The smallest absolute Gasteiger partial charge is 0.151 e. The molecule has 0 heterocycles. The van der Waals surface area contributed by atoms with Crippen LogP contribution in [0.15, 0.2) is 30.3 Å². The molecule has 0 bridgehead atoms. The zero-order valence-electron chi connectivity index (χ0n) is 10.5. The number of nitriles is 1. The summed E-state index contributed by atoms with van der Waals surface area (Å²) in [6.07, 6.45) is 0. The predicted octanol–water partition coefficient (Wildman–Crippen LogP) is 4.25. The maximum Gasteiger partial charge on any atom is 0.151 e. The first-order chi connectivity index (χ1) is 9.53. The van der Waals surface area contributed by atoms with Gasteiger partial charge in [0.25, 0.3) is 0 Å². The van der Waals surface area contributed by atoms with E-state index in [4.69, 9.17) is 43.7 Å². The van der Waals surface area contributed by atoms with Crippen LogP contribution < -0.4 is 15.2 Å². The van der Waals surface area contributed by atoms with E-state index in [1.165, 1.54) is 19.2 Å². The van der Waals surface area contributed by atoms with Crippen LogP contribution in [0.2, 0.25) is 10.0 Å². The van der Waals surface area contributed by atoms with Crippen molar-refractivity contribution >= 4 is 28.9 Å². The van der Waals surface area contributed by atoms with Crippen molar-refractivity contribution in [2.45, 2.75) is 0 Å². The molecule has 0 spiro atoms. The van der Waals surface area contributed by atoms with Gasteiger partial charge in [0.05, 0.1) is 34.5 Å². The van der Waals surface area contributed by atoms with E-state index in [-0.39, 0.29) is 0 Å². The summed E-state index contributed by atoms with van der Waals surface area (Å²) in [5.41, 5.74) is 6.58. The number of nitrogens with two attached hydrogens (primary N) is 1. The first-order valence-corrected chi connectivity index (χ1v) is 6.30. The molecule has 0 atom stereocenters. The Hall–Kier alpha value is -2.09. The normalized spacial score (nSPS) is 9.90. The quantitative estimate of drug-likeness (QED) is 0.861. The van der Waals surface area contributed by atoms with Crippen molar-refractivity contribution in [2.24, 2.45) is 0 Å². The van der Waals surface area contributed by atoms with Gasteiger partial charge in [0.15, 0.2) is 5.75 Å². The minimum atomic E-state index is 0.333. The van der Waals surface area contributed by atoms with Crippen LogP contribution in [0.3, 0.4) is 0 Å². The van der Waals surface area contributed by atoms with Gasteiger partial charge in [-0.25, -0.2) is 0 Å². The van der Waals surface area contributed by atoms with E-state index in [9.17, 15) is 0 Å². The number of methoxy groups -OCH3 is 1. The Labute approximate surface area is 126 Å². The van der Waals surface area contributed by atoms with Gasteiger partial charge in [-0.2, -0.15) is 5.26 Å². The van der Waals surface area contributed by atoms with Gasteiger partial charge >= 0.3 is 0 Å². The lowest BCUT2D eigenvalue weighted by molar-refractivity contribution is 0.409. The Morgan fingerprint density at radius 1 is 1.05 bits per heavy atom. The van der Waals surface area contributed by atoms with E-state index < -0.39 is 0 Å². The third-order valence-electron chi connectivity index (χ3n) is 2.53. The van der Waals surface area contributed by atoms with Gasteiger partial charge in [0, 0.05) is 12.1 Å². The molecule has 20 heavy (non-hydrogen) atoms. The molecule has 102 valence electrons. The summed E-state index contributed by atoms with van der Waals surface area (Å²) < 4.78 is 10.7. The molecule has 0 aliphatic carbocycles. The fourth-order valence-electron chi connectivity index (χ4n) is 1.57. The number of rotatable bonds is 3. The van der Waals surface area contributed by atoms with Crippen LogP contribution in [-0.2, 0) is 0 Å². The van der Waals surface area contributed by atoms with Crippen molar-refractivity contribution in [3.05, 3.63) is 45.9 Å². The summed E-state index contributed by atoms with van der Waals surface area (Å²) in [5, 5.41) is 9.64. The first-order valence-electron chi connectivity index (χ1n) is 5.55. The highest BCUT2D eigenvalue weighted by Gasteiger charge is 2.09. The molecular formula is C14H10Cl2N2O2. The number of ether oxygens (including phenoxy) is 2. The minimum Gasteiger partial charge on any atom is -0.497 e. The number of nitrogens with zero attached hydrogens (tertiary/aromatic N) is 1. The number of anilines is 1. The molecule has 0 unspecified atom stereocenters. The summed E-state index contributed by atoms with van der Waals surface area (Å²) >= 11 is 11.8. The van der Waals surface area contributed by atoms with Crippen molar-refractivity contribution in [3.8, 4) is 23.3 Å². The topological polar surface area (TPSA) is 68.3 Å². The average molecular weight is 309 g/mol. The van der Waals surface area contributed by atoms with Gasteiger partial charge in [-0.1, -0.05) is 23.2 Å². The molecule has 0 fully saturated rings. The van der Waals surface area contributed by atoms with E-state index in [1.807, 2.05) is 6.07 Å². The van der Waals surface area contributed by atoms with Crippen molar-refractivity contribution in [3.63, 3.8) is 0 Å². The first kappa shape index (κ1) is 14.3. The second kappa shape index (κ2) is 5.91. The molecule has 4 nitrogen and oxygen atoms in total. The van der Waals surface area contributed by atoms with Crippen LogP contribution in [0.1, 0.15) is 5.56 Å². The molecule has 0 saturated carbocycles. The standard InChI is InChI=1S/C14H10Cl2N2O2/c1-19-9-2-8(7-17)3-10(4-9)20-14-6-12(16)11(15)5-13(14)18/h2-6H,18H2,1H3. The summed E-state index contributed by atoms with van der Waals surface area (Å²) in [7, 11) is 1.51. The number of halogens is 2. The highest BCUT2D eigenvalue weighted by atomic mass is 35.5. The largest absolute Gasteiger partial charge is 0.497 e. The van der Waals surface area contributed by atoms with Crippen LogP contribution in [0, 0.1) is 11.3 Å². The third-order valence-corrected chi connectivity index (χ3v) is 3.25. The monoisotopic (exact) mass is 308 g/mol. The van der Waals surface area contributed by atoms with Crippen molar-refractivity contribution in [1.29, 1.82) is 5.26 Å². The van der Waals surface area contributed by atoms with Crippen LogP contribution >= 0.6 is 23.2 Å². The van der Waals surface area contributed by atoms with Crippen LogP contribution in [0.4, 0.5) is 5.69 Å². The molecule has 2 aromatic rings. The SMILES string of the molecule is COc1cc(C#N)cc(Oc2cc(Cl)c(Cl)cc2N)c1. The van der Waals surface area contributed by atoms with E-state index >= 15 is 0 Å². The zero-order valence-corrected chi connectivity index (χ0v) is 12.0. The Balaban J connectivity index is 2.40. The van der Waals surface area contributed by atoms with Crippen LogP contribution in [0.5, 0.6) is 17.2 Å². The van der Waals surface area contributed by atoms with Gasteiger partial charge in [-0.05, 0) is 18.2 Å². The highest BCUT2D eigenvalue weighted by molar-refractivity contribution is 6.42. The van der Waals surface area contributed by atoms with Crippen molar-refractivity contribution < 1.29 is 9.47 Å². The average Bonchev–Trinajstić information content (AvgIpc) is 2.44. The predicted molar refractivity (Wildman–Crippen MR) is 78.7 cm³/mol. The van der Waals surface area contributed by atoms with Gasteiger partial charge in [0.2, 0.25) is 0 Å². The molecule has 0 saturated heterocycles. The molecule has 6 heteroatoms. The fourth-order valence-corrected chi connectivity index (χ4v) is 1.90. The maximum absolute atomic E-state index is 8.96. The maximum atomic E-state index is 8.96. The molecule has 0 aliphatic rings. The van der Waals surface area contributed by atoms with Crippen molar-refractivity contribution in [2.75, 3.05) is 12.8 Å². The molecule has 0 radical (unpaired) electrons. The summed E-state index contributed by atoms with van der Waals surface area (Å²) in [5.74, 6) is 1.29. The second-order valence-corrected chi connectivity index (χ2v) is 4.73. The van der Waals surface area contributed by atoms with E-state index in [1.54, 1.807) is 18.2 Å². The van der Waals surface area contributed by atoms with Crippen LogP contribution in [0.25, 0.3) is 0 Å². The van der Waals surface area contributed by atoms with Gasteiger partial charge in [0.1, 0.15) is 11.5 Å². The van der Waals surface area contributed by atoms with Crippen LogP contribution in [-0.4, -0.2) is 7.11 Å². The molecule has 0 amide bonds. The molecule has 2 N–H and O–H groups in total. The number of hydrogen-bond donors (Lipinski definition) is 1. The Bertz CT molecular complexity index is 696. The molecule has 2 rings (SSSR count).